The first-order valence-corrected chi connectivity index (χ1v) is 6.79. The van der Waals surface area contributed by atoms with E-state index >= 15 is 0 Å². The normalized spacial score (nSPS) is 10.6. The van der Waals surface area contributed by atoms with Crippen LogP contribution in [0.25, 0.3) is 0 Å². The number of ether oxygens (including phenoxy) is 1. The summed E-state index contributed by atoms with van der Waals surface area (Å²) in [6.07, 6.45) is 1.02. The maximum absolute atomic E-state index is 11.6. The molecule has 4 nitrogen and oxygen atoms in total. The van der Waals surface area contributed by atoms with Gasteiger partial charge in [0.05, 0.1) is 6.10 Å². The number of amides is 2. The molecule has 0 saturated heterocycles. The van der Waals surface area contributed by atoms with Gasteiger partial charge in [0.2, 0.25) is 0 Å². The Hall–Kier alpha value is -1.26. The SMILES string of the molecule is Cc1ccc(NC(=O)NCCCOC(C)C)cc1Cl. The average molecular weight is 285 g/mol. The Kier molecular flexibility index (Phi) is 6.67. The van der Waals surface area contributed by atoms with Gasteiger partial charge in [0, 0.05) is 23.9 Å². The van der Waals surface area contributed by atoms with E-state index in [9.17, 15) is 4.79 Å². The first kappa shape index (κ1) is 15.8. The second-order valence-corrected chi connectivity index (χ2v) is 5.03. The molecule has 0 spiro atoms. The number of anilines is 1. The third kappa shape index (κ3) is 6.45. The zero-order valence-electron chi connectivity index (χ0n) is 11.6. The molecule has 2 amide bonds. The van der Waals surface area contributed by atoms with Gasteiger partial charge in [-0.05, 0) is 44.9 Å². The van der Waals surface area contributed by atoms with E-state index in [1.807, 2.05) is 32.9 Å². The highest BCUT2D eigenvalue weighted by atomic mass is 35.5. The number of urea groups is 1. The Morgan fingerprint density at radius 2 is 2.16 bits per heavy atom. The topological polar surface area (TPSA) is 50.4 Å². The fourth-order valence-electron chi connectivity index (χ4n) is 1.44. The van der Waals surface area contributed by atoms with E-state index in [2.05, 4.69) is 10.6 Å². The van der Waals surface area contributed by atoms with E-state index in [-0.39, 0.29) is 12.1 Å². The van der Waals surface area contributed by atoms with Crippen LogP contribution in [0.5, 0.6) is 0 Å². The average Bonchev–Trinajstić information content (AvgIpc) is 2.33. The molecule has 0 atom stereocenters. The van der Waals surface area contributed by atoms with Crippen molar-refractivity contribution >= 4 is 23.3 Å². The maximum Gasteiger partial charge on any atom is 0.319 e. The minimum Gasteiger partial charge on any atom is -0.379 e. The quantitative estimate of drug-likeness (QED) is 0.785. The van der Waals surface area contributed by atoms with Crippen molar-refractivity contribution in [2.45, 2.75) is 33.3 Å². The number of nitrogens with one attached hydrogen (secondary N) is 2. The highest BCUT2D eigenvalue weighted by Gasteiger charge is 2.03. The third-order valence-electron chi connectivity index (χ3n) is 2.49. The molecule has 1 aromatic rings. The van der Waals surface area contributed by atoms with Crippen molar-refractivity contribution in [3.05, 3.63) is 28.8 Å². The molecule has 106 valence electrons. The van der Waals surface area contributed by atoms with E-state index in [0.29, 0.717) is 23.9 Å². The minimum atomic E-state index is -0.232. The van der Waals surface area contributed by atoms with Crippen molar-refractivity contribution in [2.24, 2.45) is 0 Å². The molecule has 0 aromatic heterocycles. The van der Waals surface area contributed by atoms with Crippen LogP contribution in [-0.4, -0.2) is 25.3 Å². The van der Waals surface area contributed by atoms with E-state index < -0.39 is 0 Å². The monoisotopic (exact) mass is 284 g/mol. The summed E-state index contributed by atoms with van der Waals surface area (Å²) >= 11 is 5.98. The standard InChI is InChI=1S/C14H21ClN2O2/c1-10(2)19-8-4-7-16-14(18)17-12-6-5-11(3)13(15)9-12/h5-6,9-10H,4,7-8H2,1-3H3,(H2,16,17,18). The second kappa shape index (κ2) is 8.02. The van der Waals surface area contributed by atoms with E-state index in [0.717, 1.165) is 12.0 Å². The Bertz CT molecular complexity index is 422. The Morgan fingerprint density at radius 1 is 1.42 bits per heavy atom. The third-order valence-corrected chi connectivity index (χ3v) is 2.89. The summed E-state index contributed by atoms with van der Waals surface area (Å²) in [6, 6.07) is 5.19. The summed E-state index contributed by atoms with van der Waals surface area (Å²) in [5.74, 6) is 0. The fourth-order valence-corrected chi connectivity index (χ4v) is 1.62. The number of halogens is 1. The molecule has 0 fully saturated rings. The zero-order valence-corrected chi connectivity index (χ0v) is 12.4. The van der Waals surface area contributed by atoms with Gasteiger partial charge in [-0.25, -0.2) is 4.79 Å². The first-order chi connectivity index (χ1) is 8.99. The van der Waals surface area contributed by atoms with Gasteiger partial charge in [-0.15, -0.1) is 0 Å². The molecule has 0 heterocycles. The first-order valence-electron chi connectivity index (χ1n) is 6.41. The van der Waals surface area contributed by atoms with Gasteiger partial charge in [0.1, 0.15) is 0 Å². The smallest absolute Gasteiger partial charge is 0.319 e. The van der Waals surface area contributed by atoms with Crippen LogP contribution in [0.15, 0.2) is 18.2 Å². The largest absolute Gasteiger partial charge is 0.379 e. The second-order valence-electron chi connectivity index (χ2n) is 4.62. The van der Waals surface area contributed by atoms with Crippen LogP contribution < -0.4 is 10.6 Å². The molecule has 2 N–H and O–H groups in total. The molecular weight excluding hydrogens is 264 g/mol. The van der Waals surface area contributed by atoms with Crippen molar-refractivity contribution in [3.8, 4) is 0 Å². The van der Waals surface area contributed by atoms with E-state index in [1.165, 1.54) is 0 Å². The summed E-state index contributed by atoms with van der Waals surface area (Å²) in [5.41, 5.74) is 1.67. The predicted molar refractivity (Wildman–Crippen MR) is 78.9 cm³/mol. The lowest BCUT2D eigenvalue weighted by molar-refractivity contribution is 0.0775. The lowest BCUT2D eigenvalue weighted by Crippen LogP contribution is -2.30. The minimum absolute atomic E-state index is 0.225. The van der Waals surface area contributed by atoms with Crippen LogP contribution in [0.1, 0.15) is 25.8 Å². The van der Waals surface area contributed by atoms with Crippen molar-refractivity contribution in [1.29, 1.82) is 0 Å². The Labute approximate surface area is 119 Å². The molecule has 0 unspecified atom stereocenters. The highest BCUT2D eigenvalue weighted by molar-refractivity contribution is 6.31. The van der Waals surface area contributed by atoms with Gasteiger partial charge in [-0.1, -0.05) is 17.7 Å². The summed E-state index contributed by atoms with van der Waals surface area (Å²) in [5, 5.41) is 6.14. The van der Waals surface area contributed by atoms with Crippen molar-refractivity contribution in [1.82, 2.24) is 5.32 Å². The Morgan fingerprint density at radius 3 is 2.79 bits per heavy atom. The van der Waals surface area contributed by atoms with Gasteiger partial charge < -0.3 is 15.4 Å². The van der Waals surface area contributed by atoms with Crippen molar-refractivity contribution < 1.29 is 9.53 Å². The number of hydrogen-bond donors (Lipinski definition) is 2. The van der Waals surface area contributed by atoms with Crippen LogP contribution in [-0.2, 0) is 4.74 Å². The van der Waals surface area contributed by atoms with Crippen LogP contribution in [0, 0.1) is 6.92 Å². The van der Waals surface area contributed by atoms with Crippen molar-refractivity contribution in [3.63, 3.8) is 0 Å². The molecule has 0 bridgehead atoms. The van der Waals surface area contributed by atoms with Gasteiger partial charge in [0.25, 0.3) is 0 Å². The molecule has 0 aliphatic rings. The summed E-state index contributed by atoms with van der Waals surface area (Å²) in [4.78, 5) is 11.6. The molecule has 0 radical (unpaired) electrons. The number of hydrogen-bond acceptors (Lipinski definition) is 2. The van der Waals surface area contributed by atoms with Gasteiger partial charge >= 0.3 is 6.03 Å². The molecule has 0 saturated carbocycles. The molecule has 1 rings (SSSR count). The van der Waals surface area contributed by atoms with Crippen LogP contribution in [0.4, 0.5) is 10.5 Å². The molecule has 5 heteroatoms. The maximum atomic E-state index is 11.6. The van der Waals surface area contributed by atoms with Crippen LogP contribution in [0.2, 0.25) is 5.02 Å². The van der Waals surface area contributed by atoms with Crippen LogP contribution in [0.3, 0.4) is 0 Å². The number of carbonyl (C=O) groups is 1. The zero-order chi connectivity index (χ0) is 14.3. The lowest BCUT2D eigenvalue weighted by atomic mass is 10.2. The summed E-state index contributed by atoms with van der Waals surface area (Å²) in [7, 11) is 0. The number of benzene rings is 1. The molecule has 0 aliphatic carbocycles. The molecule has 1 aromatic carbocycles. The van der Waals surface area contributed by atoms with Crippen molar-refractivity contribution in [2.75, 3.05) is 18.5 Å². The Balaban J connectivity index is 2.25. The molecule has 0 aliphatic heterocycles. The van der Waals surface area contributed by atoms with Gasteiger partial charge in [-0.3, -0.25) is 0 Å². The van der Waals surface area contributed by atoms with E-state index in [4.69, 9.17) is 16.3 Å². The number of aryl methyl sites for hydroxylation is 1. The predicted octanol–water partition coefficient (Wildman–Crippen LogP) is 3.59. The number of rotatable bonds is 6. The molecule has 19 heavy (non-hydrogen) atoms. The van der Waals surface area contributed by atoms with Crippen LogP contribution >= 0.6 is 11.6 Å². The van der Waals surface area contributed by atoms with Gasteiger partial charge in [0.15, 0.2) is 0 Å². The van der Waals surface area contributed by atoms with E-state index in [1.54, 1.807) is 6.07 Å². The van der Waals surface area contributed by atoms with Gasteiger partial charge in [-0.2, -0.15) is 0 Å². The fraction of sp³-hybridized carbons (Fsp3) is 0.500. The highest BCUT2D eigenvalue weighted by Crippen LogP contribution is 2.19. The summed E-state index contributed by atoms with van der Waals surface area (Å²) in [6.45, 7) is 7.12. The summed E-state index contributed by atoms with van der Waals surface area (Å²) < 4.78 is 5.38. The lowest BCUT2D eigenvalue weighted by Gasteiger charge is -2.10. The number of carbonyl (C=O) groups excluding carboxylic acids is 1. The molecular formula is C14H21ClN2O2.